The molecule has 0 spiro atoms. The SMILES string of the molecule is O=C(Cc1nnc(NC(=O)c2cccc3ccccc23)s1)NCc1ccccc1. The summed E-state index contributed by atoms with van der Waals surface area (Å²) in [7, 11) is 0. The molecule has 0 fully saturated rings. The number of carbonyl (C=O) groups is 2. The van der Waals surface area contributed by atoms with Crippen molar-refractivity contribution in [1.82, 2.24) is 15.5 Å². The molecule has 0 aliphatic carbocycles. The minimum absolute atomic E-state index is 0.120. The zero-order chi connectivity index (χ0) is 20.1. The molecule has 0 aliphatic heterocycles. The number of anilines is 1. The van der Waals surface area contributed by atoms with Crippen LogP contribution in [0, 0.1) is 0 Å². The van der Waals surface area contributed by atoms with E-state index >= 15 is 0 Å². The van der Waals surface area contributed by atoms with Crippen molar-refractivity contribution in [3.63, 3.8) is 0 Å². The van der Waals surface area contributed by atoms with Gasteiger partial charge in [-0.2, -0.15) is 0 Å². The molecule has 29 heavy (non-hydrogen) atoms. The van der Waals surface area contributed by atoms with Crippen LogP contribution in [-0.2, 0) is 17.8 Å². The van der Waals surface area contributed by atoms with E-state index in [9.17, 15) is 9.59 Å². The number of amides is 2. The number of benzene rings is 3. The molecule has 0 saturated heterocycles. The first-order valence-electron chi connectivity index (χ1n) is 9.11. The number of fused-ring (bicyclic) bond motifs is 1. The molecular weight excluding hydrogens is 384 g/mol. The number of rotatable bonds is 6. The topological polar surface area (TPSA) is 84.0 Å². The molecular formula is C22H18N4O2S. The lowest BCUT2D eigenvalue weighted by Gasteiger charge is -2.05. The van der Waals surface area contributed by atoms with E-state index in [-0.39, 0.29) is 18.2 Å². The fraction of sp³-hybridized carbons (Fsp3) is 0.0909. The summed E-state index contributed by atoms with van der Waals surface area (Å²) in [6.45, 7) is 0.461. The summed E-state index contributed by atoms with van der Waals surface area (Å²) >= 11 is 1.20. The van der Waals surface area contributed by atoms with Crippen molar-refractivity contribution in [2.45, 2.75) is 13.0 Å². The molecule has 3 aromatic carbocycles. The number of aromatic nitrogens is 2. The molecule has 0 atom stereocenters. The predicted octanol–water partition coefficient (Wildman–Crippen LogP) is 3.80. The van der Waals surface area contributed by atoms with Crippen LogP contribution in [0.5, 0.6) is 0 Å². The van der Waals surface area contributed by atoms with Gasteiger partial charge < -0.3 is 5.32 Å². The van der Waals surface area contributed by atoms with E-state index < -0.39 is 0 Å². The third-order valence-electron chi connectivity index (χ3n) is 4.37. The van der Waals surface area contributed by atoms with Crippen LogP contribution >= 0.6 is 11.3 Å². The number of hydrogen-bond acceptors (Lipinski definition) is 5. The van der Waals surface area contributed by atoms with Gasteiger partial charge in [0.25, 0.3) is 5.91 Å². The van der Waals surface area contributed by atoms with Crippen molar-refractivity contribution >= 4 is 39.1 Å². The minimum atomic E-state index is -0.252. The molecule has 1 aromatic heterocycles. The highest BCUT2D eigenvalue weighted by Crippen LogP contribution is 2.21. The Morgan fingerprint density at radius 1 is 0.862 bits per heavy atom. The Balaban J connectivity index is 1.37. The van der Waals surface area contributed by atoms with Gasteiger partial charge >= 0.3 is 0 Å². The monoisotopic (exact) mass is 402 g/mol. The molecule has 0 radical (unpaired) electrons. The third-order valence-corrected chi connectivity index (χ3v) is 5.20. The van der Waals surface area contributed by atoms with Gasteiger partial charge in [-0.15, -0.1) is 10.2 Å². The Morgan fingerprint density at radius 2 is 1.62 bits per heavy atom. The zero-order valence-corrected chi connectivity index (χ0v) is 16.3. The van der Waals surface area contributed by atoms with Gasteiger partial charge in [-0.05, 0) is 22.4 Å². The number of hydrogen-bond donors (Lipinski definition) is 2. The first kappa shape index (κ1) is 18.8. The second kappa shape index (κ2) is 8.62. The van der Waals surface area contributed by atoms with Gasteiger partial charge in [0.2, 0.25) is 11.0 Å². The van der Waals surface area contributed by atoms with E-state index in [1.54, 1.807) is 6.07 Å². The van der Waals surface area contributed by atoms with E-state index in [1.165, 1.54) is 11.3 Å². The van der Waals surface area contributed by atoms with Crippen LogP contribution in [0.15, 0.2) is 72.8 Å². The van der Waals surface area contributed by atoms with Crippen molar-refractivity contribution in [3.05, 3.63) is 88.9 Å². The van der Waals surface area contributed by atoms with Crippen LogP contribution in [0.3, 0.4) is 0 Å². The summed E-state index contributed by atoms with van der Waals surface area (Å²) < 4.78 is 0. The van der Waals surface area contributed by atoms with Crippen LogP contribution in [0.25, 0.3) is 10.8 Å². The van der Waals surface area contributed by atoms with Crippen molar-refractivity contribution < 1.29 is 9.59 Å². The first-order chi connectivity index (χ1) is 14.2. The summed E-state index contributed by atoms with van der Waals surface area (Å²) in [6, 6.07) is 23.0. The van der Waals surface area contributed by atoms with Crippen LogP contribution in [0.4, 0.5) is 5.13 Å². The second-order valence-electron chi connectivity index (χ2n) is 6.42. The van der Waals surface area contributed by atoms with Crippen molar-refractivity contribution in [3.8, 4) is 0 Å². The lowest BCUT2D eigenvalue weighted by Crippen LogP contribution is -2.24. The largest absolute Gasteiger partial charge is 0.352 e. The van der Waals surface area contributed by atoms with E-state index in [1.807, 2.05) is 66.7 Å². The molecule has 0 bridgehead atoms. The summed E-state index contributed by atoms with van der Waals surface area (Å²) in [5.74, 6) is -0.394. The molecule has 1 heterocycles. The Bertz CT molecular complexity index is 1150. The van der Waals surface area contributed by atoms with E-state index in [4.69, 9.17) is 0 Å². The summed E-state index contributed by atoms with van der Waals surface area (Å²) in [5.41, 5.74) is 1.60. The quantitative estimate of drug-likeness (QED) is 0.514. The normalized spacial score (nSPS) is 10.6. The molecule has 2 N–H and O–H groups in total. The van der Waals surface area contributed by atoms with Crippen LogP contribution in [0.1, 0.15) is 20.9 Å². The average molecular weight is 402 g/mol. The smallest absolute Gasteiger partial charge is 0.258 e. The van der Waals surface area contributed by atoms with E-state index in [0.29, 0.717) is 22.2 Å². The molecule has 2 amide bonds. The maximum atomic E-state index is 12.7. The van der Waals surface area contributed by atoms with Crippen LogP contribution in [0.2, 0.25) is 0 Å². The van der Waals surface area contributed by atoms with Crippen LogP contribution in [-0.4, -0.2) is 22.0 Å². The fourth-order valence-corrected chi connectivity index (χ4v) is 3.69. The standard InChI is InChI=1S/C22H18N4O2S/c27-19(23-14-15-7-2-1-3-8-15)13-20-25-26-22(29-20)24-21(28)18-12-6-10-16-9-4-5-11-17(16)18/h1-12H,13-14H2,(H,23,27)(H,24,26,28). The maximum Gasteiger partial charge on any atom is 0.258 e. The maximum absolute atomic E-state index is 12.7. The molecule has 6 nitrogen and oxygen atoms in total. The van der Waals surface area contributed by atoms with Crippen molar-refractivity contribution in [2.24, 2.45) is 0 Å². The minimum Gasteiger partial charge on any atom is -0.352 e. The Labute approximate surface area is 171 Å². The Hall–Kier alpha value is -3.58. The Kier molecular flexibility index (Phi) is 5.58. The average Bonchev–Trinajstić information content (AvgIpc) is 3.19. The van der Waals surface area contributed by atoms with Gasteiger partial charge in [0.05, 0.1) is 6.42 Å². The van der Waals surface area contributed by atoms with Gasteiger partial charge in [-0.3, -0.25) is 14.9 Å². The molecule has 0 aliphatic rings. The zero-order valence-electron chi connectivity index (χ0n) is 15.5. The van der Waals surface area contributed by atoms with Gasteiger partial charge in [-0.1, -0.05) is 78.1 Å². The van der Waals surface area contributed by atoms with Crippen molar-refractivity contribution in [2.75, 3.05) is 5.32 Å². The van der Waals surface area contributed by atoms with Gasteiger partial charge in [0.15, 0.2) is 0 Å². The predicted molar refractivity (Wildman–Crippen MR) is 114 cm³/mol. The highest BCUT2D eigenvalue weighted by Gasteiger charge is 2.14. The fourth-order valence-electron chi connectivity index (χ4n) is 2.96. The third kappa shape index (κ3) is 4.64. The van der Waals surface area contributed by atoms with Crippen LogP contribution < -0.4 is 10.6 Å². The summed E-state index contributed by atoms with van der Waals surface area (Å²) in [6.07, 6.45) is 0.120. The van der Waals surface area contributed by atoms with E-state index in [0.717, 1.165) is 16.3 Å². The highest BCUT2D eigenvalue weighted by molar-refractivity contribution is 7.15. The van der Waals surface area contributed by atoms with Crippen molar-refractivity contribution in [1.29, 1.82) is 0 Å². The number of nitrogens with one attached hydrogen (secondary N) is 2. The highest BCUT2D eigenvalue weighted by atomic mass is 32.1. The molecule has 4 rings (SSSR count). The van der Waals surface area contributed by atoms with Gasteiger partial charge in [-0.25, -0.2) is 0 Å². The van der Waals surface area contributed by atoms with Gasteiger partial charge in [0, 0.05) is 12.1 Å². The molecule has 144 valence electrons. The van der Waals surface area contributed by atoms with Gasteiger partial charge in [0.1, 0.15) is 5.01 Å². The molecule has 0 unspecified atom stereocenters. The summed E-state index contributed by atoms with van der Waals surface area (Å²) in [4.78, 5) is 24.8. The molecule has 4 aromatic rings. The summed E-state index contributed by atoms with van der Waals surface area (Å²) in [5, 5.41) is 16.4. The molecule has 0 saturated carbocycles. The van der Waals surface area contributed by atoms with E-state index in [2.05, 4.69) is 20.8 Å². The Morgan fingerprint density at radius 3 is 2.48 bits per heavy atom. The number of nitrogens with zero attached hydrogens (tertiary/aromatic N) is 2. The number of carbonyl (C=O) groups excluding carboxylic acids is 2. The second-order valence-corrected chi connectivity index (χ2v) is 7.48. The lowest BCUT2D eigenvalue weighted by atomic mass is 10.0. The first-order valence-corrected chi connectivity index (χ1v) is 9.93. The molecule has 7 heteroatoms. The lowest BCUT2D eigenvalue weighted by molar-refractivity contribution is -0.120.